The van der Waals surface area contributed by atoms with Crippen molar-refractivity contribution < 1.29 is 18.3 Å². The number of unbranched alkanes of at least 4 members (excludes halogenated alkanes) is 1. The Kier molecular flexibility index (Phi) is 8.13. The van der Waals surface area contributed by atoms with E-state index in [4.69, 9.17) is 17.0 Å². The predicted molar refractivity (Wildman–Crippen MR) is 85.9 cm³/mol. The summed E-state index contributed by atoms with van der Waals surface area (Å²) in [6.07, 6.45) is 3.60. The first-order chi connectivity index (χ1) is 10.6. The van der Waals surface area contributed by atoms with E-state index in [1.807, 2.05) is 0 Å². The number of nitrogens with zero attached hydrogens (tertiary/aromatic N) is 1. The smallest absolute Gasteiger partial charge is 0.387 e. The predicted octanol–water partition coefficient (Wildman–Crippen LogP) is 2.89. The lowest BCUT2D eigenvalue weighted by Crippen LogP contribution is -2.32. The van der Waals surface area contributed by atoms with Gasteiger partial charge in [-0.3, -0.25) is 5.43 Å². The molecular formula is C14H19F2N3O2S. The van der Waals surface area contributed by atoms with Crippen molar-refractivity contribution in [2.45, 2.75) is 26.4 Å². The van der Waals surface area contributed by atoms with Gasteiger partial charge in [-0.15, -0.1) is 0 Å². The van der Waals surface area contributed by atoms with Crippen LogP contribution >= 0.6 is 12.2 Å². The van der Waals surface area contributed by atoms with Crippen molar-refractivity contribution >= 4 is 23.5 Å². The van der Waals surface area contributed by atoms with Crippen molar-refractivity contribution in [1.82, 2.24) is 10.7 Å². The minimum absolute atomic E-state index is 0.0284. The molecule has 0 spiro atoms. The van der Waals surface area contributed by atoms with Gasteiger partial charge in [-0.05, 0) is 42.4 Å². The lowest BCUT2D eigenvalue weighted by molar-refractivity contribution is -0.0512. The molecule has 0 aliphatic carbocycles. The Bertz CT molecular complexity index is 513. The summed E-state index contributed by atoms with van der Waals surface area (Å²) in [6.45, 7) is -0.0298. The van der Waals surface area contributed by atoms with Gasteiger partial charge in [0.25, 0.3) is 0 Å². The number of alkyl halides is 2. The van der Waals surface area contributed by atoms with Crippen molar-refractivity contribution in [3.8, 4) is 11.5 Å². The maximum absolute atomic E-state index is 12.2. The molecule has 0 radical (unpaired) electrons. The first kappa shape index (κ1) is 18.1. The quantitative estimate of drug-likeness (QED) is 0.332. The number of benzene rings is 1. The number of ether oxygens (including phenoxy) is 2. The molecule has 1 aromatic carbocycles. The Morgan fingerprint density at radius 3 is 2.82 bits per heavy atom. The lowest BCUT2D eigenvalue weighted by atomic mass is 10.2. The zero-order valence-electron chi connectivity index (χ0n) is 12.4. The fraction of sp³-hybridized carbons (Fsp3) is 0.429. The van der Waals surface area contributed by atoms with Crippen LogP contribution in [0, 0.1) is 0 Å². The van der Waals surface area contributed by atoms with E-state index >= 15 is 0 Å². The zero-order valence-corrected chi connectivity index (χ0v) is 13.3. The van der Waals surface area contributed by atoms with E-state index in [0.717, 1.165) is 19.4 Å². The second-order valence-corrected chi connectivity index (χ2v) is 4.68. The van der Waals surface area contributed by atoms with Crippen LogP contribution in [-0.2, 0) is 0 Å². The van der Waals surface area contributed by atoms with Gasteiger partial charge < -0.3 is 14.8 Å². The second kappa shape index (κ2) is 9.88. The number of rotatable bonds is 8. The summed E-state index contributed by atoms with van der Waals surface area (Å²) in [5.74, 6) is 0.173. The van der Waals surface area contributed by atoms with Gasteiger partial charge in [0.1, 0.15) is 0 Å². The largest absolute Gasteiger partial charge is 0.493 e. The SMILES string of the molecule is CCCCNC(=S)N/N=C/c1ccc(OC(F)F)c(OC)c1. The van der Waals surface area contributed by atoms with E-state index in [1.54, 1.807) is 6.07 Å². The van der Waals surface area contributed by atoms with Crippen molar-refractivity contribution in [2.75, 3.05) is 13.7 Å². The average Bonchev–Trinajstić information content (AvgIpc) is 2.48. The van der Waals surface area contributed by atoms with E-state index in [2.05, 4.69) is 27.5 Å². The van der Waals surface area contributed by atoms with Crippen LogP contribution in [0.25, 0.3) is 0 Å². The van der Waals surface area contributed by atoms with Crippen LogP contribution in [-0.4, -0.2) is 31.6 Å². The molecule has 0 atom stereocenters. The van der Waals surface area contributed by atoms with Gasteiger partial charge in [-0.2, -0.15) is 13.9 Å². The molecule has 0 saturated carbocycles. The third kappa shape index (κ3) is 6.66. The van der Waals surface area contributed by atoms with Crippen LogP contribution in [0.4, 0.5) is 8.78 Å². The number of halogens is 2. The van der Waals surface area contributed by atoms with Crippen LogP contribution < -0.4 is 20.2 Å². The zero-order chi connectivity index (χ0) is 16.4. The Balaban J connectivity index is 2.58. The summed E-state index contributed by atoms with van der Waals surface area (Å²) in [5.41, 5.74) is 3.33. The summed E-state index contributed by atoms with van der Waals surface area (Å²) >= 11 is 5.04. The van der Waals surface area contributed by atoms with Crippen LogP contribution in [0.1, 0.15) is 25.3 Å². The molecule has 22 heavy (non-hydrogen) atoms. The van der Waals surface area contributed by atoms with Gasteiger partial charge in [-0.1, -0.05) is 13.3 Å². The Hall–Kier alpha value is -1.96. The van der Waals surface area contributed by atoms with Gasteiger partial charge in [0.2, 0.25) is 0 Å². The first-order valence-electron chi connectivity index (χ1n) is 6.76. The summed E-state index contributed by atoms with van der Waals surface area (Å²) in [4.78, 5) is 0. The highest BCUT2D eigenvalue weighted by Gasteiger charge is 2.10. The van der Waals surface area contributed by atoms with Crippen LogP contribution in [0.5, 0.6) is 11.5 Å². The van der Waals surface area contributed by atoms with Gasteiger partial charge in [-0.25, -0.2) is 0 Å². The minimum Gasteiger partial charge on any atom is -0.493 e. The van der Waals surface area contributed by atoms with Gasteiger partial charge in [0.05, 0.1) is 13.3 Å². The average molecular weight is 331 g/mol. The van der Waals surface area contributed by atoms with E-state index in [0.29, 0.717) is 10.7 Å². The molecule has 2 N–H and O–H groups in total. The molecule has 0 fully saturated rings. The number of nitrogens with one attached hydrogen (secondary N) is 2. The molecule has 0 heterocycles. The van der Waals surface area contributed by atoms with Gasteiger partial charge in [0.15, 0.2) is 16.6 Å². The molecular weight excluding hydrogens is 312 g/mol. The normalized spacial score (nSPS) is 10.8. The summed E-state index contributed by atoms with van der Waals surface area (Å²) in [5, 5.41) is 7.39. The first-order valence-corrected chi connectivity index (χ1v) is 7.17. The molecule has 1 rings (SSSR count). The topological polar surface area (TPSA) is 54.9 Å². The fourth-order valence-corrected chi connectivity index (χ4v) is 1.70. The summed E-state index contributed by atoms with van der Waals surface area (Å²) < 4.78 is 33.8. The highest BCUT2D eigenvalue weighted by Crippen LogP contribution is 2.28. The van der Waals surface area contributed by atoms with E-state index in [-0.39, 0.29) is 11.5 Å². The highest BCUT2D eigenvalue weighted by molar-refractivity contribution is 7.80. The second-order valence-electron chi connectivity index (χ2n) is 4.27. The molecule has 122 valence electrons. The third-order valence-electron chi connectivity index (χ3n) is 2.60. The monoisotopic (exact) mass is 331 g/mol. The van der Waals surface area contributed by atoms with Crippen molar-refractivity contribution in [1.29, 1.82) is 0 Å². The van der Waals surface area contributed by atoms with Crippen molar-refractivity contribution in [3.63, 3.8) is 0 Å². The fourth-order valence-electron chi connectivity index (χ4n) is 1.54. The van der Waals surface area contributed by atoms with Crippen molar-refractivity contribution in [2.24, 2.45) is 5.10 Å². The minimum atomic E-state index is -2.90. The molecule has 0 aliphatic rings. The van der Waals surface area contributed by atoms with Crippen molar-refractivity contribution in [3.05, 3.63) is 23.8 Å². The number of hydrogen-bond donors (Lipinski definition) is 2. The maximum Gasteiger partial charge on any atom is 0.387 e. The van der Waals surface area contributed by atoms with E-state index in [1.165, 1.54) is 25.5 Å². The third-order valence-corrected chi connectivity index (χ3v) is 2.83. The van der Waals surface area contributed by atoms with Crippen LogP contribution in [0.3, 0.4) is 0 Å². The molecule has 0 saturated heterocycles. The molecule has 8 heteroatoms. The molecule has 5 nitrogen and oxygen atoms in total. The van der Waals surface area contributed by atoms with E-state index < -0.39 is 6.61 Å². The summed E-state index contributed by atoms with van der Waals surface area (Å²) in [7, 11) is 1.37. The number of methoxy groups -OCH3 is 1. The number of hydrazone groups is 1. The van der Waals surface area contributed by atoms with Crippen LogP contribution in [0.15, 0.2) is 23.3 Å². The number of thiocarbonyl (C=S) groups is 1. The molecule has 0 aliphatic heterocycles. The molecule has 0 bridgehead atoms. The molecule has 0 amide bonds. The molecule has 1 aromatic rings. The summed E-state index contributed by atoms with van der Waals surface area (Å²) in [6, 6.07) is 4.51. The Morgan fingerprint density at radius 1 is 1.41 bits per heavy atom. The van der Waals surface area contributed by atoms with Gasteiger partial charge >= 0.3 is 6.61 Å². The van der Waals surface area contributed by atoms with Gasteiger partial charge in [0, 0.05) is 6.54 Å². The van der Waals surface area contributed by atoms with E-state index in [9.17, 15) is 8.78 Å². The molecule has 0 aromatic heterocycles. The Morgan fingerprint density at radius 2 is 2.18 bits per heavy atom. The maximum atomic E-state index is 12.2. The lowest BCUT2D eigenvalue weighted by Gasteiger charge is -2.10. The Labute approximate surface area is 133 Å². The standard InChI is InChI=1S/C14H19F2N3O2S/c1-3-4-7-17-14(22)19-18-9-10-5-6-11(21-13(15)16)12(8-10)20-2/h5-6,8-9,13H,3-4,7H2,1-2H3,(H2,17,19,22)/b18-9+. The number of hydrogen-bond acceptors (Lipinski definition) is 4. The highest BCUT2D eigenvalue weighted by atomic mass is 32.1. The van der Waals surface area contributed by atoms with Crippen LogP contribution in [0.2, 0.25) is 0 Å². The molecule has 0 unspecified atom stereocenters.